The Morgan fingerprint density at radius 1 is 1.69 bits per heavy atom. The second-order valence-electron chi connectivity index (χ2n) is 4.63. The van der Waals surface area contributed by atoms with Gasteiger partial charge in [0.05, 0.1) is 12.0 Å². The normalized spacial score (nSPS) is 18.8. The molecule has 0 spiro atoms. The molecular formula is C12H21N3S. The predicted octanol–water partition coefficient (Wildman–Crippen LogP) is 1.85. The van der Waals surface area contributed by atoms with Crippen LogP contribution in [0.2, 0.25) is 0 Å². The molecule has 1 saturated heterocycles. The van der Waals surface area contributed by atoms with E-state index in [2.05, 4.69) is 42.0 Å². The SMILES string of the molecule is C=C(C)C(CCCN1CC(C#N)C1)CNS. The highest BCUT2D eigenvalue weighted by Gasteiger charge is 2.25. The molecule has 1 aliphatic heterocycles. The summed E-state index contributed by atoms with van der Waals surface area (Å²) < 4.78 is 2.91. The minimum atomic E-state index is 0.274. The average molecular weight is 239 g/mol. The first-order valence-corrected chi connectivity index (χ1v) is 6.26. The van der Waals surface area contributed by atoms with E-state index in [1.54, 1.807) is 0 Å². The highest BCUT2D eigenvalue weighted by Crippen LogP contribution is 2.18. The molecule has 0 aromatic carbocycles. The second kappa shape index (κ2) is 6.95. The molecule has 90 valence electrons. The van der Waals surface area contributed by atoms with Crippen LogP contribution in [-0.2, 0) is 0 Å². The Balaban J connectivity index is 2.10. The van der Waals surface area contributed by atoms with E-state index in [4.69, 9.17) is 5.26 Å². The number of nitrogens with zero attached hydrogens (tertiary/aromatic N) is 2. The van der Waals surface area contributed by atoms with Crippen molar-refractivity contribution in [3.05, 3.63) is 12.2 Å². The lowest BCUT2D eigenvalue weighted by molar-refractivity contribution is 0.131. The summed E-state index contributed by atoms with van der Waals surface area (Å²) in [5.74, 6) is 0.793. The Bertz CT molecular complexity index is 266. The lowest BCUT2D eigenvalue weighted by Crippen LogP contribution is -2.46. The molecular weight excluding hydrogens is 218 g/mol. The minimum absolute atomic E-state index is 0.274. The minimum Gasteiger partial charge on any atom is -0.301 e. The lowest BCUT2D eigenvalue weighted by Gasteiger charge is -2.35. The Labute approximate surface area is 104 Å². The third-order valence-electron chi connectivity index (χ3n) is 3.20. The van der Waals surface area contributed by atoms with E-state index in [1.807, 2.05) is 0 Å². The summed E-state index contributed by atoms with van der Waals surface area (Å²) in [5.41, 5.74) is 1.22. The number of thiol groups is 1. The summed E-state index contributed by atoms with van der Waals surface area (Å²) in [6.07, 6.45) is 2.32. The molecule has 0 amide bonds. The fraction of sp³-hybridized carbons (Fsp3) is 0.750. The predicted molar refractivity (Wildman–Crippen MR) is 70.1 cm³/mol. The molecule has 0 radical (unpaired) electrons. The highest BCUT2D eigenvalue weighted by atomic mass is 32.1. The van der Waals surface area contributed by atoms with Gasteiger partial charge in [0.2, 0.25) is 0 Å². The zero-order valence-corrected chi connectivity index (χ0v) is 10.8. The molecule has 1 heterocycles. The molecule has 1 fully saturated rings. The van der Waals surface area contributed by atoms with Crippen LogP contribution in [0.4, 0.5) is 0 Å². The fourth-order valence-electron chi connectivity index (χ4n) is 2.03. The third-order valence-corrected chi connectivity index (χ3v) is 3.38. The number of hydrogen-bond acceptors (Lipinski definition) is 4. The van der Waals surface area contributed by atoms with E-state index in [0.717, 1.165) is 32.6 Å². The molecule has 1 N–H and O–H groups in total. The van der Waals surface area contributed by atoms with Crippen molar-refractivity contribution in [1.29, 1.82) is 5.26 Å². The van der Waals surface area contributed by atoms with Crippen LogP contribution in [0, 0.1) is 23.2 Å². The Hall–Kier alpha value is -0.500. The molecule has 1 aliphatic rings. The number of nitriles is 1. The van der Waals surface area contributed by atoms with Gasteiger partial charge in [0.25, 0.3) is 0 Å². The van der Waals surface area contributed by atoms with Crippen molar-refractivity contribution in [3.8, 4) is 6.07 Å². The number of nitrogens with one attached hydrogen (secondary N) is 1. The lowest BCUT2D eigenvalue weighted by atomic mass is 9.95. The second-order valence-corrected chi connectivity index (χ2v) is 4.95. The Morgan fingerprint density at radius 3 is 2.88 bits per heavy atom. The maximum absolute atomic E-state index is 8.66. The van der Waals surface area contributed by atoms with Gasteiger partial charge in [0, 0.05) is 19.6 Å². The van der Waals surface area contributed by atoms with Crippen LogP contribution in [0.15, 0.2) is 12.2 Å². The summed E-state index contributed by atoms with van der Waals surface area (Å²) >= 11 is 4.03. The quantitative estimate of drug-likeness (QED) is 0.526. The molecule has 0 saturated carbocycles. The molecule has 1 rings (SSSR count). The maximum Gasteiger partial charge on any atom is 0.0717 e. The van der Waals surface area contributed by atoms with Crippen molar-refractivity contribution in [2.24, 2.45) is 11.8 Å². The van der Waals surface area contributed by atoms with E-state index < -0.39 is 0 Å². The van der Waals surface area contributed by atoms with Crippen molar-refractivity contribution in [3.63, 3.8) is 0 Å². The van der Waals surface area contributed by atoms with E-state index in [-0.39, 0.29) is 5.92 Å². The molecule has 4 heteroatoms. The smallest absolute Gasteiger partial charge is 0.0717 e. The molecule has 0 aromatic heterocycles. The first-order chi connectivity index (χ1) is 7.67. The molecule has 0 bridgehead atoms. The van der Waals surface area contributed by atoms with Crippen LogP contribution in [-0.4, -0.2) is 31.1 Å². The molecule has 1 unspecified atom stereocenters. The van der Waals surface area contributed by atoms with Gasteiger partial charge in [-0.3, -0.25) is 4.72 Å². The summed E-state index contributed by atoms with van der Waals surface area (Å²) in [5, 5.41) is 8.66. The first-order valence-electron chi connectivity index (χ1n) is 5.81. The summed E-state index contributed by atoms with van der Waals surface area (Å²) in [6, 6.07) is 2.29. The van der Waals surface area contributed by atoms with Gasteiger partial charge in [0.1, 0.15) is 0 Å². The fourth-order valence-corrected chi connectivity index (χ4v) is 2.25. The van der Waals surface area contributed by atoms with Gasteiger partial charge >= 0.3 is 0 Å². The topological polar surface area (TPSA) is 39.1 Å². The van der Waals surface area contributed by atoms with Crippen LogP contribution in [0.3, 0.4) is 0 Å². The first kappa shape index (κ1) is 13.6. The van der Waals surface area contributed by atoms with Gasteiger partial charge in [-0.05, 0) is 32.2 Å². The van der Waals surface area contributed by atoms with Crippen molar-refractivity contribution < 1.29 is 0 Å². The Kier molecular flexibility index (Phi) is 5.89. The summed E-state index contributed by atoms with van der Waals surface area (Å²) in [7, 11) is 0. The van der Waals surface area contributed by atoms with Gasteiger partial charge in [0.15, 0.2) is 0 Å². The molecule has 0 aliphatic carbocycles. The molecule has 3 nitrogen and oxygen atoms in total. The summed E-state index contributed by atoms with van der Waals surface area (Å²) in [4.78, 5) is 2.34. The van der Waals surface area contributed by atoms with E-state index >= 15 is 0 Å². The van der Waals surface area contributed by atoms with Crippen LogP contribution in [0.1, 0.15) is 19.8 Å². The highest BCUT2D eigenvalue weighted by molar-refractivity contribution is 7.78. The van der Waals surface area contributed by atoms with E-state index in [0.29, 0.717) is 5.92 Å². The third kappa shape index (κ3) is 4.17. The number of hydrogen-bond donors (Lipinski definition) is 2. The van der Waals surface area contributed by atoms with E-state index in [9.17, 15) is 0 Å². The monoisotopic (exact) mass is 239 g/mol. The van der Waals surface area contributed by atoms with Gasteiger partial charge in [-0.25, -0.2) is 0 Å². The van der Waals surface area contributed by atoms with Crippen LogP contribution < -0.4 is 4.72 Å². The zero-order chi connectivity index (χ0) is 12.0. The number of rotatable bonds is 7. The maximum atomic E-state index is 8.66. The van der Waals surface area contributed by atoms with Crippen LogP contribution in [0.5, 0.6) is 0 Å². The van der Waals surface area contributed by atoms with Gasteiger partial charge in [-0.15, -0.1) is 0 Å². The van der Waals surface area contributed by atoms with Crippen molar-refractivity contribution >= 4 is 12.8 Å². The van der Waals surface area contributed by atoms with Crippen molar-refractivity contribution in [2.45, 2.75) is 19.8 Å². The number of likely N-dealkylation sites (tertiary alicyclic amines) is 1. The van der Waals surface area contributed by atoms with Gasteiger partial charge < -0.3 is 4.90 Å². The average Bonchev–Trinajstić information content (AvgIpc) is 2.19. The molecule has 1 atom stereocenters. The largest absolute Gasteiger partial charge is 0.301 e. The van der Waals surface area contributed by atoms with Crippen LogP contribution >= 0.6 is 12.8 Å². The molecule has 0 aromatic rings. The Morgan fingerprint density at radius 2 is 2.38 bits per heavy atom. The standard InChI is InChI=1S/C12H21N3S/c1-10(2)12(7-14-16)4-3-5-15-8-11(6-13)9-15/h11-12,14,16H,1,3-5,7-9H2,2H3. The van der Waals surface area contributed by atoms with Crippen LogP contribution in [0.25, 0.3) is 0 Å². The van der Waals surface area contributed by atoms with E-state index in [1.165, 1.54) is 12.0 Å². The molecule has 16 heavy (non-hydrogen) atoms. The van der Waals surface area contributed by atoms with Crippen molar-refractivity contribution in [1.82, 2.24) is 9.62 Å². The zero-order valence-electron chi connectivity index (χ0n) is 9.95. The van der Waals surface area contributed by atoms with Gasteiger partial charge in [-0.2, -0.15) is 5.26 Å². The summed E-state index contributed by atoms with van der Waals surface area (Å²) in [6.45, 7) is 9.98. The van der Waals surface area contributed by atoms with Gasteiger partial charge in [-0.1, -0.05) is 25.0 Å². The van der Waals surface area contributed by atoms with Crippen molar-refractivity contribution in [2.75, 3.05) is 26.2 Å².